The molecule has 4 nitrogen and oxygen atoms in total. The van der Waals surface area contributed by atoms with Gasteiger partial charge in [-0.3, -0.25) is 9.59 Å². The van der Waals surface area contributed by atoms with Gasteiger partial charge in [0.1, 0.15) is 4.88 Å². The number of rotatable bonds is 3. The molecule has 1 amide bonds. The first kappa shape index (κ1) is 17.5. The Kier molecular flexibility index (Phi) is 5.33. The van der Waals surface area contributed by atoms with Crippen LogP contribution in [0.2, 0.25) is 10.0 Å². The van der Waals surface area contributed by atoms with Crippen LogP contribution in [0, 0.1) is 5.92 Å². The average Bonchev–Trinajstić information content (AvgIpc) is 2.90. The monoisotopic (exact) mass is 385 g/mol. The van der Waals surface area contributed by atoms with Gasteiger partial charge >= 0.3 is 5.97 Å². The molecular formula is C17H17Cl2NO3S. The summed E-state index contributed by atoms with van der Waals surface area (Å²) in [6, 6.07) is 5.39. The second-order valence-corrected chi connectivity index (χ2v) is 7.59. The Morgan fingerprint density at radius 1 is 1.38 bits per heavy atom. The van der Waals surface area contributed by atoms with Crippen LogP contribution in [0.15, 0.2) is 18.2 Å². The summed E-state index contributed by atoms with van der Waals surface area (Å²) in [4.78, 5) is 27.0. The lowest BCUT2D eigenvalue weighted by atomic mass is 9.98. The van der Waals surface area contributed by atoms with Gasteiger partial charge in [-0.25, -0.2) is 0 Å². The predicted molar refractivity (Wildman–Crippen MR) is 97.1 cm³/mol. The minimum Gasteiger partial charge on any atom is -0.466 e. The van der Waals surface area contributed by atoms with Crippen molar-refractivity contribution in [3.05, 3.63) is 33.1 Å². The largest absolute Gasteiger partial charge is 0.466 e. The standard InChI is InChI=1S/C17H17Cl2NO3S/c1-2-23-17(22)10-4-3-7-20(9-10)16(21)15-14(19)12-6-5-11(18)8-13(12)24-15/h5-6,8,10H,2-4,7,9H2,1H3/t10-/m1/s1. The lowest BCUT2D eigenvalue weighted by Gasteiger charge is -2.31. The quantitative estimate of drug-likeness (QED) is 0.723. The van der Waals surface area contributed by atoms with Crippen LogP contribution in [0.5, 0.6) is 0 Å². The molecule has 1 aliphatic heterocycles. The van der Waals surface area contributed by atoms with E-state index in [2.05, 4.69) is 0 Å². The number of nitrogens with zero attached hydrogens (tertiary/aromatic N) is 1. The molecule has 1 saturated heterocycles. The number of amides is 1. The molecule has 0 bridgehead atoms. The highest BCUT2D eigenvalue weighted by molar-refractivity contribution is 7.21. The van der Waals surface area contributed by atoms with Crippen molar-refractivity contribution in [3.63, 3.8) is 0 Å². The summed E-state index contributed by atoms with van der Waals surface area (Å²) in [5.41, 5.74) is 0. The van der Waals surface area contributed by atoms with Gasteiger partial charge in [-0.2, -0.15) is 0 Å². The molecule has 0 radical (unpaired) electrons. The Morgan fingerprint density at radius 2 is 2.17 bits per heavy atom. The summed E-state index contributed by atoms with van der Waals surface area (Å²) >= 11 is 13.7. The minimum absolute atomic E-state index is 0.133. The summed E-state index contributed by atoms with van der Waals surface area (Å²) in [7, 11) is 0. The van der Waals surface area contributed by atoms with Crippen molar-refractivity contribution in [2.75, 3.05) is 19.7 Å². The molecule has 1 atom stereocenters. The first-order valence-electron chi connectivity index (χ1n) is 7.84. The summed E-state index contributed by atoms with van der Waals surface area (Å²) in [6.45, 7) is 3.14. The number of carbonyl (C=O) groups is 2. The Morgan fingerprint density at radius 3 is 2.92 bits per heavy atom. The molecule has 3 rings (SSSR count). The molecule has 1 fully saturated rings. The number of thiophene rings is 1. The van der Waals surface area contributed by atoms with E-state index in [0.717, 1.165) is 22.9 Å². The maximum atomic E-state index is 12.9. The topological polar surface area (TPSA) is 46.6 Å². The van der Waals surface area contributed by atoms with E-state index in [9.17, 15) is 9.59 Å². The molecule has 1 aliphatic rings. The summed E-state index contributed by atoms with van der Waals surface area (Å²) < 4.78 is 5.97. The highest BCUT2D eigenvalue weighted by Crippen LogP contribution is 2.37. The van der Waals surface area contributed by atoms with Crippen molar-refractivity contribution in [2.24, 2.45) is 5.92 Å². The molecule has 0 unspecified atom stereocenters. The summed E-state index contributed by atoms with van der Waals surface area (Å²) in [6.07, 6.45) is 1.53. The summed E-state index contributed by atoms with van der Waals surface area (Å²) in [5.74, 6) is -0.624. The maximum Gasteiger partial charge on any atom is 0.310 e. The van der Waals surface area contributed by atoms with Gasteiger partial charge < -0.3 is 9.64 Å². The fourth-order valence-corrected chi connectivity index (χ4v) is 4.69. The van der Waals surface area contributed by atoms with E-state index in [4.69, 9.17) is 27.9 Å². The van der Waals surface area contributed by atoms with E-state index in [1.807, 2.05) is 12.1 Å². The molecule has 0 N–H and O–H groups in total. The molecule has 0 spiro atoms. The third-order valence-corrected chi connectivity index (χ3v) is 5.99. The van der Waals surface area contributed by atoms with E-state index in [1.54, 1.807) is 17.9 Å². The van der Waals surface area contributed by atoms with Gasteiger partial charge in [-0.15, -0.1) is 11.3 Å². The van der Waals surface area contributed by atoms with E-state index in [0.29, 0.717) is 34.6 Å². The number of ether oxygens (including phenoxy) is 1. The van der Waals surface area contributed by atoms with Crippen LogP contribution in [0.25, 0.3) is 10.1 Å². The molecule has 1 aromatic heterocycles. The second kappa shape index (κ2) is 7.30. The molecule has 128 valence electrons. The lowest BCUT2D eigenvalue weighted by molar-refractivity contribution is -0.149. The molecule has 7 heteroatoms. The third-order valence-electron chi connectivity index (χ3n) is 4.11. The molecule has 1 aromatic carbocycles. The Labute approximate surface area is 154 Å². The number of halogens is 2. The zero-order chi connectivity index (χ0) is 17.3. The van der Waals surface area contributed by atoms with Gasteiger partial charge in [0.2, 0.25) is 0 Å². The van der Waals surface area contributed by atoms with Crippen LogP contribution >= 0.6 is 34.5 Å². The molecule has 0 aliphatic carbocycles. The minimum atomic E-state index is -0.259. The van der Waals surface area contributed by atoms with Gasteiger partial charge in [0.05, 0.1) is 17.5 Å². The van der Waals surface area contributed by atoms with Crippen molar-refractivity contribution in [1.29, 1.82) is 0 Å². The zero-order valence-corrected chi connectivity index (χ0v) is 15.5. The number of benzene rings is 1. The summed E-state index contributed by atoms with van der Waals surface area (Å²) in [5, 5.41) is 1.89. The van der Waals surface area contributed by atoms with E-state index in [-0.39, 0.29) is 17.8 Å². The molecular weight excluding hydrogens is 369 g/mol. The number of piperidine rings is 1. The number of likely N-dealkylation sites (tertiary alicyclic amines) is 1. The highest BCUT2D eigenvalue weighted by Gasteiger charge is 2.31. The van der Waals surface area contributed by atoms with Gasteiger partial charge in [0, 0.05) is 28.2 Å². The smallest absolute Gasteiger partial charge is 0.310 e. The number of carbonyl (C=O) groups excluding carboxylic acids is 2. The molecule has 24 heavy (non-hydrogen) atoms. The number of fused-ring (bicyclic) bond motifs is 1. The fraction of sp³-hybridized carbons (Fsp3) is 0.412. The Balaban J connectivity index is 1.83. The molecule has 2 aromatic rings. The average molecular weight is 386 g/mol. The lowest BCUT2D eigenvalue weighted by Crippen LogP contribution is -2.42. The number of esters is 1. The van der Waals surface area contributed by atoms with Crippen LogP contribution in [0.3, 0.4) is 0 Å². The number of hydrogen-bond donors (Lipinski definition) is 0. The van der Waals surface area contributed by atoms with Gasteiger partial charge in [-0.05, 0) is 31.9 Å². The maximum absolute atomic E-state index is 12.9. The SMILES string of the molecule is CCOC(=O)[C@@H]1CCCN(C(=O)c2sc3cc(Cl)ccc3c2Cl)C1. The first-order chi connectivity index (χ1) is 11.5. The molecule has 2 heterocycles. The van der Waals surface area contributed by atoms with Crippen molar-refractivity contribution in [1.82, 2.24) is 4.90 Å². The van der Waals surface area contributed by atoms with E-state index < -0.39 is 0 Å². The number of hydrogen-bond acceptors (Lipinski definition) is 4. The van der Waals surface area contributed by atoms with Crippen molar-refractivity contribution in [2.45, 2.75) is 19.8 Å². The van der Waals surface area contributed by atoms with Crippen molar-refractivity contribution in [3.8, 4) is 0 Å². The van der Waals surface area contributed by atoms with E-state index in [1.165, 1.54) is 11.3 Å². The van der Waals surface area contributed by atoms with Gasteiger partial charge in [-0.1, -0.05) is 29.3 Å². The van der Waals surface area contributed by atoms with Gasteiger partial charge in [0.25, 0.3) is 5.91 Å². The zero-order valence-electron chi connectivity index (χ0n) is 13.2. The third kappa shape index (κ3) is 3.39. The van der Waals surface area contributed by atoms with Crippen LogP contribution in [0.4, 0.5) is 0 Å². The predicted octanol–water partition coefficient (Wildman–Crippen LogP) is 4.62. The van der Waals surface area contributed by atoms with Crippen LogP contribution in [-0.2, 0) is 9.53 Å². The van der Waals surface area contributed by atoms with Crippen LogP contribution < -0.4 is 0 Å². The highest BCUT2D eigenvalue weighted by atomic mass is 35.5. The molecule has 0 saturated carbocycles. The Hall–Kier alpha value is -1.30. The fourth-order valence-electron chi connectivity index (χ4n) is 2.93. The van der Waals surface area contributed by atoms with Crippen molar-refractivity contribution < 1.29 is 14.3 Å². The second-order valence-electron chi connectivity index (χ2n) is 5.73. The Bertz CT molecular complexity index is 789. The first-order valence-corrected chi connectivity index (χ1v) is 9.42. The normalized spacial score (nSPS) is 18.0. The van der Waals surface area contributed by atoms with E-state index >= 15 is 0 Å². The van der Waals surface area contributed by atoms with Crippen LogP contribution in [-0.4, -0.2) is 36.5 Å². The van der Waals surface area contributed by atoms with Crippen LogP contribution in [0.1, 0.15) is 29.4 Å². The van der Waals surface area contributed by atoms with Crippen molar-refractivity contribution >= 4 is 56.5 Å². The van der Waals surface area contributed by atoms with Gasteiger partial charge in [0.15, 0.2) is 0 Å².